The molecule has 0 aromatic heterocycles. The van der Waals surface area contributed by atoms with Crippen molar-refractivity contribution in [3.8, 4) is 5.75 Å². The van der Waals surface area contributed by atoms with Crippen LogP contribution in [0.1, 0.15) is 18.9 Å². The molecule has 1 aromatic carbocycles. The van der Waals surface area contributed by atoms with E-state index in [1.165, 1.54) is 0 Å². The third-order valence-corrected chi connectivity index (χ3v) is 3.38. The zero-order chi connectivity index (χ0) is 15.0. The number of hydrogen-bond acceptors (Lipinski definition) is 3. The van der Waals surface area contributed by atoms with Crippen molar-refractivity contribution in [1.29, 1.82) is 0 Å². The summed E-state index contributed by atoms with van der Waals surface area (Å²) in [6.45, 7) is 6.56. The van der Waals surface area contributed by atoms with Gasteiger partial charge in [-0.2, -0.15) is 0 Å². The lowest BCUT2D eigenvalue weighted by molar-refractivity contribution is 0.177. The van der Waals surface area contributed by atoms with Crippen LogP contribution in [0, 0.1) is 6.92 Å². The lowest BCUT2D eigenvalue weighted by Gasteiger charge is -2.25. The highest BCUT2D eigenvalue weighted by Gasteiger charge is 2.10. The quantitative estimate of drug-likeness (QED) is 0.782. The predicted octanol–water partition coefficient (Wildman–Crippen LogP) is 3.06. The molecule has 0 saturated carbocycles. The molecule has 0 aliphatic rings. The van der Waals surface area contributed by atoms with E-state index in [9.17, 15) is 0 Å². The summed E-state index contributed by atoms with van der Waals surface area (Å²) in [5.41, 5.74) is 2.12. The molecule has 0 radical (unpaired) electrons. The summed E-state index contributed by atoms with van der Waals surface area (Å²) in [4.78, 5) is 2.13. The van der Waals surface area contributed by atoms with Gasteiger partial charge in [0.05, 0.1) is 13.7 Å². The predicted molar refractivity (Wildman–Crippen MR) is 87.7 cm³/mol. The van der Waals surface area contributed by atoms with Gasteiger partial charge in [0.1, 0.15) is 5.75 Å². The standard InChI is InChI=1S/C15H24N2O2S/c1-5-8-17(9-10-18-3)15(20)16-14-7-6-13(19-4)11-12(14)2/h6-7,11H,5,8-10H2,1-4H3,(H,16,20). The lowest BCUT2D eigenvalue weighted by atomic mass is 10.2. The molecule has 0 amide bonds. The maximum absolute atomic E-state index is 5.49. The van der Waals surface area contributed by atoms with E-state index in [-0.39, 0.29) is 0 Å². The second-order valence-electron chi connectivity index (χ2n) is 4.59. The summed E-state index contributed by atoms with van der Waals surface area (Å²) in [5.74, 6) is 0.851. The number of anilines is 1. The van der Waals surface area contributed by atoms with E-state index in [1.54, 1.807) is 14.2 Å². The Hall–Kier alpha value is -1.33. The smallest absolute Gasteiger partial charge is 0.173 e. The Morgan fingerprint density at radius 1 is 1.30 bits per heavy atom. The Morgan fingerprint density at radius 3 is 2.60 bits per heavy atom. The van der Waals surface area contributed by atoms with Gasteiger partial charge in [-0.15, -0.1) is 0 Å². The Labute approximate surface area is 127 Å². The molecule has 4 nitrogen and oxygen atoms in total. The minimum Gasteiger partial charge on any atom is -0.497 e. The van der Waals surface area contributed by atoms with E-state index >= 15 is 0 Å². The van der Waals surface area contributed by atoms with Gasteiger partial charge < -0.3 is 19.7 Å². The average molecular weight is 296 g/mol. The fraction of sp³-hybridized carbons (Fsp3) is 0.533. The Morgan fingerprint density at radius 2 is 2.05 bits per heavy atom. The third kappa shape index (κ3) is 4.98. The molecule has 0 saturated heterocycles. The normalized spacial score (nSPS) is 10.2. The monoisotopic (exact) mass is 296 g/mol. The van der Waals surface area contributed by atoms with Gasteiger partial charge in [0, 0.05) is 25.9 Å². The Kier molecular flexibility index (Phi) is 7.33. The van der Waals surface area contributed by atoms with Crippen LogP contribution in [-0.4, -0.2) is 43.9 Å². The van der Waals surface area contributed by atoms with E-state index in [2.05, 4.69) is 17.1 Å². The van der Waals surface area contributed by atoms with Crippen molar-refractivity contribution in [2.75, 3.05) is 39.2 Å². The number of hydrogen-bond donors (Lipinski definition) is 1. The Bertz CT molecular complexity index is 438. The van der Waals surface area contributed by atoms with Crippen molar-refractivity contribution in [3.05, 3.63) is 23.8 Å². The summed E-state index contributed by atoms with van der Waals surface area (Å²) < 4.78 is 10.3. The van der Waals surface area contributed by atoms with Crippen molar-refractivity contribution >= 4 is 23.0 Å². The molecule has 0 fully saturated rings. The molecule has 0 aliphatic carbocycles. The molecule has 1 N–H and O–H groups in total. The van der Waals surface area contributed by atoms with Crippen LogP contribution in [0.2, 0.25) is 0 Å². The fourth-order valence-electron chi connectivity index (χ4n) is 1.88. The van der Waals surface area contributed by atoms with Crippen molar-refractivity contribution in [2.24, 2.45) is 0 Å². The first-order chi connectivity index (χ1) is 9.62. The van der Waals surface area contributed by atoms with E-state index in [0.717, 1.165) is 41.6 Å². The first-order valence-corrected chi connectivity index (χ1v) is 7.22. The van der Waals surface area contributed by atoms with Crippen molar-refractivity contribution in [3.63, 3.8) is 0 Å². The van der Waals surface area contributed by atoms with Gasteiger partial charge in [-0.25, -0.2) is 0 Å². The van der Waals surface area contributed by atoms with Gasteiger partial charge in [0.2, 0.25) is 0 Å². The highest BCUT2D eigenvalue weighted by molar-refractivity contribution is 7.80. The van der Waals surface area contributed by atoms with Crippen LogP contribution in [0.15, 0.2) is 18.2 Å². The number of nitrogens with one attached hydrogen (secondary N) is 1. The SMILES string of the molecule is CCCN(CCOC)C(=S)Nc1ccc(OC)cc1C. The summed E-state index contributed by atoms with van der Waals surface area (Å²) in [7, 11) is 3.37. The van der Waals surface area contributed by atoms with E-state index in [4.69, 9.17) is 21.7 Å². The number of benzene rings is 1. The average Bonchev–Trinajstić information content (AvgIpc) is 2.45. The maximum atomic E-state index is 5.49. The number of ether oxygens (including phenoxy) is 2. The summed E-state index contributed by atoms with van der Waals surface area (Å²) >= 11 is 5.49. The summed E-state index contributed by atoms with van der Waals surface area (Å²) in [5, 5.41) is 4.04. The van der Waals surface area contributed by atoms with Crippen molar-refractivity contribution in [1.82, 2.24) is 4.90 Å². The van der Waals surface area contributed by atoms with Gasteiger partial charge in [0.15, 0.2) is 5.11 Å². The zero-order valence-electron chi connectivity index (χ0n) is 12.7. The van der Waals surface area contributed by atoms with E-state index in [1.807, 2.05) is 25.1 Å². The molecule has 1 aromatic rings. The van der Waals surface area contributed by atoms with Crippen LogP contribution in [0.3, 0.4) is 0 Å². The topological polar surface area (TPSA) is 33.7 Å². The number of thiocarbonyl (C=S) groups is 1. The third-order valence-electron chi connectivity index (χ3n) is 3.02. The molecule has 0 heterocycles. The van der Waals surface area contributed by atoms with Crippen LogP contribution in [-0.2, 0) is 4.74 Å². The highest BCUT2D eigenvalue weighted by atomic mass is 32.1. The van der Waals surface area contributed by atoms with Crippen LogP contribution in [0.25, 0.3) is 0 Å². The minimum atomic E-state index is 0.670. The molecule has 1 rings (SSSR count). The molecule has 0 aliphatic heterocycles. The zero-order valence-corrected chi connectivity index (χ0v) is 13.5. The molecule has 112 valence electrons. The molecule has 0 unspecified atom stereocenters. The second kappa shape index (κ2) is 8.76. The van der Waals surface area contributed by atoms with Gasteiger partial charge in [-0.3, -0.25) is 0 Å². The van der Waals surface area contributed by atoms with Crippen LogP contribution in [0.4, 0.5) is 5.69 Å². The number of rotatable bonds is 7. The molecule has 0 spiro atoms. The summed E-state index contributed by atoms with van der Waals surface area (Å²) in [6, 6.07) is 5.91. The van der Waals surface area contributed by atoms with Crippen LogP contribution >= 0.6 is 12.2 Å². The van der Waals surface area contributed by atoms with E-state index < -0.39 is 0 Å². The van der Waals surface area contributed by atoms with Gasteiger partial charge >= 0.3 is 0 Å². The number of nitrogens with zero attached hydrogens (tertiary/aromatic N) is 1. The van der Waals surface area contributed by atoms with Gasteiger partial charge in [-0.05, 0) is 49.3 Å². The second-order valence-corrected chi connectivity index (χ2v) is 4.98. The summed E-state index contributed by atoms with van der Waals surface area (Å²) in [6.07, 6.45) is 1.05. The van der Waals surface area contributed by atoms with Crippen LogP contribution < -0.4 is 10.1 Å². The first-order valence-electron chi connectivity index (χ1n) is 6.81. The van der Waals surface area contributed by atoms with Gasteiger partial charge in [-0.1, -0.05) is 6.92 Å². The lowest BCUT2D eigenvalue weighted by Crippen LogP contribution is -2.37. The molecule has 0 bridgehead atoms. The maximum Gasteiger partial charge on any atom is 0.173 e. The van der Waals surface area contributed by atoms with E-state index in [0.29, 0.717) is 6.61 Å². The first kappa shape index (κ1) is 16.7. The van der Waals surface area contributed by atoms with Crippen LogP contribution in [0.5, 0.6) is 5.75 Å². The largest absolute Gasteiger partial charge is 0.497 e. The molecule has 20 heavy (non-hydrogen) atoms. The number of aryl methyl sites for hydroxylation is 1. The molecule has 5 heteroatoms. The minimum absolute atomic E-state index is 0.670. The van der Waals surface area contributed by atoms with Gasteiger partial charge in [0.25, 0.3) is 0 Å². The molecular formula is C15H24N2O2S. The Balaban J connectivity index is 2.71. The van der Waals surface area contributed by atoms with Crippen molar-refractivity contribution in [2.45, 2.75) is 20.3 Å². The fourth-order valence-corrected chi connectivity index (χ4v) is 2.18. The highest BCUT2D eigenvalue weighted by Crippen LogP contribution is 2.21. The molecular weight excluding hydrogens is 272 g/mol. The van der Waals surface area contributed by atoms with Crippen molar-refractivity contribution < 1.29 is 9.47 Å². The number of methoxy groups -OCH3 is 2. The molecule has 0 atom stereocenters.